The Kier molecular flexibility index (Phi) is 7.00. The van der Waals surface area contributed by atoms with Gasteiger partial charge in [0, 0.05) is 55.4 Å². The number of hydrogen-bond donors (Lipinski definition) is 1. The maximum atomic E-state index is 13.1. The summed E-state index contributed by atoms with van der Waals surface area (Å²) in [6, 6.07) is 10.6. The number of carbonyl (C=O) groups excluding carboxylic acids is 2. The molecule has 0 spiro atoms. The van der Waals surface area contributed by atoms with Crippen LogP contribution in [0.2, 0.25) is 0 Å². The second-order valence-electron chi connectivity index (χ2n) is 10.5. The molecule has 174 valence electrons. The summed E-state index contributed by atoms with van der Waals surface area (Å²) in [6.07, 6.45) is 6.56. The molecule has 0 aromatic heterocycles. The molecule has 3 saturated carbocycles. The van der Waals surface area contributed by atoms with E-state index in [1.807, 2.05) is 0 Å². The lowest BCUT2D eigenvalue weighted by Crippen LogP contribution is -2.52. The standard InChI is InChI=1S/C26H36BrN3O2/c27-21-9-8-20-14-23(26(32)19-6-7-19)25(22(20)15-21)28-24(31)17-30-12-10-29(11-13-30)16-18-4-2-1-3-5-18/h1-5,19-23,25H,6-17H2,(H,28,31). The third-order valence-electron chi connectivity index (χ3n) is 8.19. The molecule has 1 aromatic carbocycles. The first-order chi connectivity index (χ1) is 15.6. The Balaban J connectivity index is 1.14. The van der Waals surface area contributed by atoms with Gasteiger partial charge >= 0.3 is 0 Å². The molecule has 1 aliphatic heterocycles. The summed E-state index contributed by atoms with van der Waals surface area (Å²) in [4.78, 5) is 31.3. The first-order valence-electron chi connectivity index (χ1n) is 12.5. The molecule has 5 nitrogen and oxygen atoms in total. The number of piperazine rings is 1. The van der Waals surface area contributed by atoms with Gasteiger partial charge < -0.3 is 5.32 Å². The summed E-state index contributed by atoms with van der Waals surface area (Å²) < 4.78 is 0. The molecule has 4 fully saturated rings. The zero-order chi connectivity index (χ0) is 22.1. The number of Topliss-reactive ketones (excluding diaryl/α,β-unsaturated/α-hetero) is 1. The number of halogens is 1. The SMILES string of the molecule is O=C(CN1CCN(Cc2ccccc2)CC1)NC1C(C(=O)C2CC2)CC2CCC(Br)CC21. The van der Waals surface area contributed by atoms with Gasteiger partial charge in [-0.2, -0.15) is 0 Å². The van der Waals surface area contributed by atoms with E-state index in [0.29, 0.717) is 29.0 Å². The summed E-state index contributed by atoms with van der Waals surface area (Å²) in [5.41, 5.74) is 1.35. The third-order valence-corrected chi connectivity index (χ3v) is 9.02. The highest BCUT2D eigenvalue weighted by Crippen LogP contribution is 2.49. The Hall–Kier alpha value is -1.24. The van der Waals surface area contributed by atoms with Crippen LogP contribution in [-0.2, 0) is 16.1 Å². The van der Waals surface area contributed by atoms with Crippen molar-refractivity contribution in [3.63, 3.8) is 0 Å². The molecule has 1 saturated heterocycles. The van der Waals surface area contributed by atoms with Crippen molar-refractivity contribution in [3.05, 3.63) is 35.9 Å². The molecule has 5 unspecified atom stereocenters. The highest BCUT2D eigenvalue weighted by Gasteiger charge is 2.51. The number of fused-ring (bicyclic) bond motifs is 1. The van der Waals surface area contributed by atoms with Crippen molar-refractivity contribution in [1.82, 2.24) is 15.1 Å². The second-order valence-corrected chi connectivity index (χ2v) is 11.8. The first-order valence-corrected chi connectivity index (χ1v) is 13.4. The van der Waals surface area contributed by atoms with Crippen LogP contribution < -0.4 is 5.32 Å². The maximum absolute atomic E-state index is 13.1. The van der Waals surface area contributed by atoms with E-state index in [1.54, 1.807) is 0 Å². The topological polar surface area (TPSA) is 52.7 Å². The Morgan fingerprint density at radius 1 is 0.938 bits per heavy atom. The fourth-order valence-electron chi connectivity index (χ4n) is 6.27. The fraction of sp³-hybridized carbons (Fsp3) is 0.692. The van der Waals surface area contributed by atoms with Crippen molar-refractivity contribution in [2.45, 2.75) is 55.9 Å². The zero-order valence-corrected chi connectivity index (χ0v) is 20.5. The number of rotatable bonds is 7. The fourth-order valence-corrected chi connectivity index (χ4v) is 6.97. The van der Waals surface area contributed by atoms with Crippen LogP contribution in [0.25, 0.3) is 0 Å². The van der Waals surface area contributed by atoms with Gasteiger partial charge in [-0.25, -0.2) is 0 Å². The van der Waals surface area contributed by atoms with Crippen LogP contribution in [-0.4, -0.2) is 65.1 Å². The van der Waals surface area contributed by atoms with Crippen LogP contribution >= 0.6 is 15.9 Å². The zero-order valence-electron chi connectivity index (χ0n) is 18.9. The Labute approximate surface area is 200 Å². The van der Waals surface area contributed by atoms with Crippen LogP contribution in [0, 0.1) is 23.7 Å². The van der Waals surface area contributed by atoms with Gasteiger partial charge in [0.2, 0.25) is 5.91 Å². The molecule has 0 bridgehead atoms. The molecule has 3 aliphatic carbocycles. The minimum Gasteiger partial charge on any atom is -0.351 e. The smallest absolute Gasteiger partial charge is 0.234 e. The van der Waals surface area contributed by atoms with Gasteiger partial charge in [0.05, 0.1) is 6.54 Å². The number of nitrogens with zero attached hydrogens (tertiary/aromatic N) is 2. The molecule has 1 aromatic rings. The molecule has 1 heterocycles. The van der Waals surface area contributed by atoms with Crippen molar-refractivity contribution in [1.29, 1.82) is 0 Å². The third kappa shape index (κ3) is 5.28. The highest BCUT2D eigenvalue weighted by molar-refractivity contribution is 9.09. The highest BCUT2D eigenvalue weighted by atomic mass is 79.9. The van der Waals surface area contributed by atoms with Gasteiger partial charge in [-0.1, -0.05) is 46.3 Å². The lowest BCUT2D eigenvalue weighted by molar-refractivity contribution is -0.127. The average Bonchev–Trinajstić information content (AvgIpc) is 3.59. The van der Waals surface area contributed by atoms with E-state index in [1.165, 1.54) is 18.4 Å². The number of hydrogen-bond acceptors (Lipinski definition) is 4. The molecule has 1 N–H and O–H groups in total. The predicted molar refractivity (Wildman–Crippen MR) is 129 cm³/mol. The number of nitrogens with one attached hydrogen (secondary N) is 1. The molecule has 1 amide bonds. The van der Waals surface area contributed by atoms with E-state index in [4.69, 9.17) is 0 Å². The first kappa shape index (κ1) is 22.5. The average molecular weight is 502 g/mol. The summed E-state index contributed by atoms with van der Waals surface area (Å²) in [5.74, 6) is 1.91. The predicted octanol–water partition coefficient (Wildman–Crippen LogP) is 3.47. The molecule has 32 heavy (non-hydrogen) atoms. The maximum Gasteiger partial charge on any atom is 0.234 e. The number of carbonyl (C=O) groups is 2. The minimum atomic E-state index is 0.0420. The largest absolute Gasteiger partial charge is 0.351 e. The monoisotopic (exact) mass is 501 g/mol. The Morgan fingerprint density at radius 2 is 1.66 bits per heavy atom. The summed E-state index contributed by atoms with van der Waals surface area (Å²) in [7, 11) is 0. The Morgan fingerprint density at radius 3 is 2.38 bits per heavy atom. The minimum absolute atomic E-state index is 0.0420. The number of alkyl halides is 1. The van der Waals surface area contributed by atoms with Crippen molar-refractivity contribution >= 4 is 27.6 Å². The molecular formula is C26H36BrN3O2. The van der Waals surface area contributed by atoms with E-state index >= 15 is 0 Å². The molecule has 4 aliphatic rings. The van der Waals surface area contributed by atoms with Crippen molar-refractivity contribution in [2.75, 3.05) is 32.7 Å². The van der Waals surface area contributed by atoms with Crippen molar-refractivity contribution in [3.8, 4) is 0 Å². The number of ketones is 1. The normalized spacial score (nSPS) is 33.6. The van der Waals surface area contributed by atoms with Crippen LogP contribution in [0.15, 0.2) is 30.3 Å². The van der Waals surface area contributed by atoms with Crippen molar-refractivity contribution in [2.24, 2.45) is 23.7 Å². The lowest BCUT2D eigenvalue weighted by Gasteiger charge is -2.36. The van der Waals surface area contributed by atoms with Gasteiger partial charge in [-0.3, -0.25) is 19.4 Å². The van der Waals surface area contributed by atoms with Crippen LogP contribution in [0.5, 0.6) is 0 Å². The number of amides is 1. The van der Waals surface area contributed by atoms with E-state index in [2.05, 4.69) is 61.4 Å². The van der Waals surface area contributed by atoms with E-state index in [0.717, 1.165) is 58.4 Å². The summed E-state index contributed by atoms with van der Waals surface area (Å²) in [6.45, 7) is 5.25. The van der Waals surface area contributed by atoms with E-state index < -0.39 is 0 Å². The van der Waals surface area contributed by atoms with E-state index in [-0.39, 0.29) is 23.8 Å². The quantitative estimate of drug-likeness (QED) is 0.581. The lowest BCUT2D eigenvalue weighted by atomic mass is 9.80. The molecule has 0 radical (unpaired) electrons. The van der Waals surface area contributed by atoms with Crippen molar-refractivity contribution < 1.29 is 9.59 Å². The molecule has 6 heteroatoms. The summed E-state index contributed by atoms with van der Waals surface area (Å²) >= 11 is 3.82. The van der Waals surface area contributed by atoms with Crippen LogP contribution in [0.1, 0.15) is 44.1 Å². The number of benzene rings is 1. The Bertz CT molecular complexity index is 807. The second kappa shape index (κ2) is 9.94. The van der Waals surface area contributed by atoms with Gasteiger partial charge in [0.25, 0.3) is 0 Å². The van der Waals surface area contributed by atoms with Crippen LogP contribution in [0.4, 0.5) is 0 Å². The van der Waals surface area contributed by atoms with E-state index in [9.17, 15) is 9.59 Å². The molecule has 5 rings (SSSR count). The van der Waals surface area contributed by atoms with Gasteiger partial charge in [0.1, 0.15) is 5.78 Å². The van der Waals surface area contributed by atoms with Gasteiger partial charge in [-0.15, -0.1) is 0 Å². The van der Waals surface area contributed by atoms with Gasteiger partial charge in [-0.05, 0) is 55.9 Å². The van der Waals surface area contributed by atoms with Gasteiger partial charge in [0.15, 0.2) is 0 Å². The molecular weight excluding hydrogens is 466 g/mol. The molecule has 5 atom stereocenters. The summed E-state index contributed by atoms with van der Waals surface area (Å²) in [5, 5.41) is 3.37. The van der Waals surface area contributed by atoms with Crippen LogP contribution in [0.3, 0.4) is 0 Å².